The van der Waals surface area contributed by atoms with E-state index in [1.165, 1.54) is 12.1 Å². The molecule has 27 heavy (non-hydrogen) atoms. The van der Waals surface area contributed by atoms with Gasteiger partial charge in [-0.05, 0) is 18.1 Å². The number of nitrogens with zero attached hydrogens (tertiary/aromatic N) is 1. The average molecular weight is 391 g/mol. The van der Waals surface area contributed by atoms with E-state index in [-0.39, 0.29) is 22.3 Å². The Bertz CT molecular complexity index is 826. The van der Waals surface area contributed by atoms with Crippen molar-refractivity contribution in [1.82, 2.24) is 5.32 Å². The van der Waals surface area contributed by atoms with Crippen molar-refractivity contribution in [3.63, 3.8) is 0 Å². The van der Waals surface area contributed by atoms with Gasteiger partial charge in [-0.2, -0.15) is 0 Å². The van der Waals surface area contributed by atoms with Gasteiger partial charge in [0.1, 0.15) is 0 Å². The van der Waals surface area contributed by atoms with E-state index in [9.17, 15) is 19.7 Å². The fraction of sp³-hybridized carbons (Fsp3) is 0.263. The molecule has 1 N–H and O–H groups in total. The Labute approximate surface area is 161 Å². The molecule has 142 valence electrons. The largest absolute Gasteiger partial charge is 0.452 e. The van der Waals surface area contributed by atoms with Crippen LogP contribution in [0.1, 0.15) is 41.7 Å². The molecule has 0 spiro atoms. The summed E-state index contributed by atoms with van der Waals surface area (Å²) < 4.78 is 4.96. The molecule has 1 atom stereocenters. The van der Waals surface area contributed by atoms with Crippen LogP contribution in [0.15, 0.2) is 48.5 Å². The lowest BCUT2D eigenvalue weighted by atomic mass is 10.0. The van der Waals surface area contributed by atoms with Gasteiger partial charge in [-0.25, -0.2) is 4.79 Å². The van der Waals surface area contributed by atoms with Crippen LogP contribution in [0.2, 0.25) is 5.02 Å². The minimum absolute atomic E-state index is 0.0131. The monoisotopic (exact) mass is 390 g/mol. The van der Waals surface area contributed by atoms with Crippen molar-refractivity contribution in [3.05, 3.63) is 74.8 Å². The van der Waals surface area contributed by atoms with Gasteiger partial charge in [-0.15, -0.1) is 0 Å². The summed E-state index contributed by atoms with van der Waals surface area (Å²) in [6, 6.07) is 12.7. The number of benzene rings is 2. The minimum atomic E-state index is -0.898. The van der Waals surface area contributed by atoms with Crippen molar-refractivity contribution in [2.24, 2.45) is 0 Å². The maximum atomic E-state index is 12.2. The number of amides is 1. The van der Waals surface area contributed by atoms with Crippen LogP contribution in [-0.2, 0) is 9.53 Å². The molecule has 0 aliphatic rings. The Morgan fingerprint density at radius 3 is 2.56 bits per heavy atom. The van der Waals surface area contributed by atoms with E-state index in [0.717, 1.165) is 24.5 Å². The average Bonchev–Trinajstić information content (AvgIpc) is 2.66. The molecule has 0 aromatic heterocycles. The molecule has 0 saturated heterocycles. The number of nitrogens with one attached hydrogen (secondary N) is 1. The molecule has 0 aliphatic carbocycles. The van der Waals surface area contributed by atoms with Crippen LogP contribution in [0.25, 0.3) is 0 Å². The van der Waals surface area contributed by atoms with E-state index in [1.807, 2.05) is 37.3 Å². The van der Waals surface area contributed by atoms with E-state index in [0.29, 0.717) is 0 Å². The summed E-state index contributed by atoms with van der Waals surface area (Å²) in [5.41, 5.74) is 0.510. The van der Waals surface area contributed by atoms with E-state index in [2.05, 4.69) is 5.32 Å². The lowest BCUT2D eigenvalue weighted by Crippen LogP contribution is -2.32. The maximum absolute atomic E-state index is 12.2. The van der Waals surface area contributed by atoms with Gasteiger partial charge in [0, 0.05) is 12.1 Å². The van der Waals surface area contributed by atoms with Crippen molar-refractivity contribution >= 4 is 29.2 Å². The molecular weight excluding hydrogens is 372 g/mol. The van der Waals surface area contributed by atoms with E-state index < -0.39 is 23.4 Å². The number of esters is 1. The second-order valence-electron chi connectivity index (χ2n) is 5.82. The number of carbonyl (C=O) groups excluding carboxylic acids is 2. The molecule has 0 aliphatic heterocycles. The topological polar surface area (TPSA) is 98.5 Å². The first kappa shape index (κ1) is 20.4. The normalized spacial score (nSPS) is 11.5. The van der Waals surface area contributed by atoms with Gasteiger partial charge in [-0.1, -0.05) is 55.3 Å². The lowest BCUT2D eigenvalue weighted by Gasteiger charge is -2.18. The third-order valence-electron chi connectivity index (χ3n) is 3.83. The van der Waals surface area contributed by atoms with Crippen LogP contribution >= 0.6 is 11.6 Å². The van der Waals surface area contributed by atoms with Gasteiger partial charge in [0.15, 0.2) is 6.61 Å². The third kappa shape index (κ3) is 5.79. The number of nitro benzene ring substituents is 1. The van der Waals surface area contributed by atoms with E-state index in [1.54, 1.807) is 0 Å². The summed E-state index contributed by atoms with van der Waals surface area (Å²) in [5, 5.41) is 13.7. The van der Waals surface area contributed by atoms with Crippen molar-refractivity contribution in [2.75, 3.05) is 6.61 Å². The lowest BCUT2D eigenvalue weighted by molar-refractivity contribution is -0.384. The predicted octanol–water partition coefficient (Wildman–Crippen LogP) is 4.06. The number of rotatable bonds is 8. The smallest absolute Gasteiger partial charge is 0.340 e. The molecule has 8 heteroatoms. The quantitative estimate of drug-likeness (QED) is 0.416. The Hall–Kier alpha value is -2.93. The first-order valence-corrected chi connectivity index (χ1v) is 8.75. The zero-order chi connectivity index (χ0) is 19.8. The summed E-state index contributed by atoms with van der Waals surface area (Å²) in [5.74, 6) is -1.36. The zero-order valence-corrected chi connectivity index (χ0v) is 15.4. The van der Waals surface area contributed by atoms with Crippen molar-refractivity contribution < 1.29 is 19.2 Å². The summed E-state index contributed by atoms with van der Waals surface area (Å²) in [4.78, 5) is 34.5. The second-order valence-corrected chi connectivity index (χ2v) is 6.22. The van der Waals surface area contributed by atoms with E-state index in [4.69, 9.17) is 16.3 Å². The Morgan fingerprint density at radius 2 is 1.93 bits per heavy atom. The van der Waals surface area contributed by atoms with Crippen LogP contribution in [0.3, 0.4) is 0 Å². The van der Waals surface area contributed by atoms with Gasteiger partial charge in [0.05, 0.1) is 21.6 Å². The first-order valence-electron chi connectivity index (χ1n) is 8.37. The predicted molar refractivity (Wildman–Crippen MR) is 101 cm³/mol. The third-order valence-corrected chi connectivity index (χ3v) is 4.16. The Morgan fingerprint density at radius 1 is 1.22 bits per heavy atom. The molecule has 1 amide bonds. The number of carbonyl (C=O) groups is 2. The van der Waals surface area contributed by atoms with Gasteiger partial charge in [-0.3, -0.25) is 14.9 Å². The molecule has 2 rings (SSSR count). The Balaban J connectivity index is 1.99. The number of non-ortho nitro benzene ring substituents is 1. The highest BCUT2D eigenvalue weighted by Gasteiger charge is 2.19. The molecule has 0 fully saturated rings. The van der Waals surface area contributed by atoms with Crippen LogP contribution < -0.4 is 5.32 Å². The SMILES string of the molecule is CCC[C@@H](NC(=O)COC(=O)c1cc([N+](=O)[O-])ccc1Cl)c1ccccc1. The summed E-state index contributed by atoms with van der Waals surface area (Å²) in [6.45, 7) is 1.50. The van der Waals surface area contributed by atoms with Crippen molar-refractivity contribution in [2.45, 2.75) is 25.8 Å². The van der Waals surface area contributed by atoms with E-state index >= 15 is 0 Å². The first-order chi connectivity index (χ1) is 12.9. The number of hydrogen-bond acceptors (Lipinski definition) is 5. The van der Waals surface area contributed by atoms with Crippen LogP contribution in [0.4, 0.5) is 5.69 Å². The summed E-state index contributed by atoms with van der Waals surface area (Å²) in [6.07, 6.45) is 1.60. The van der Waals surface area contributed by atoms with Gasteiger partial charge >= 0.3 is 5.97 Å². The molecule has 0 unspecified atom stereocenters. The number of ether oxygens (including phenoxy) is 1. The molecule has 0 heterocycles. The highest BCUT2D eigenvalue weighted by molar-refractivity contribution is 6.33. The highest BCUT2D eigenvalue weighted by atomic mass is 35.5. The number of hydrogen-bond donors (Lipinski definition) is 1. The second kappa shape index (κ2) is 9.68. The summed E-state index contributed by atoms with van der Waals surface area (Å²) >= 11 is 5.89. The fourth-order valence-corrected chi connectivity index (χ4v) is 2.72. The molecule has 0 radical (unpaired) electrons. The van der Waals surface area contributed by atoms with Crippen LogP contribution in [0.5, 0.6) is 0 Å². The number of nitro groups is 1. The molecule has 7 nitrogen and oxygen atoms in total. The van der Waals surface area contributed by atoms with Gasteiger partial charge in [0.25, 0.3) is 11.6 Å². The zero-order valence-electron chi connectivity index (χ0n) is 14.7. The van der Waals surface area contributed by atoms with Crippen molar-refractivity contribution in [1.29, 1.82) is 0 Å². The molecule has 2 aromatic rings. The molecule has 2 aromatic carbocycles. The van der Waals surface area contributed by atoms with Crippen molar-refractivity contribution in [3.8, 4) is 0 Å². The Kier molecular flexibility index (Phi) is 7.31. The molecule has 0 saturated carbocycles. The van der Waals surface area contributed by atoms with Gasteiger partial charge in [0.2, 0.25) is 0 Å². The standard InChI is InChI=1S/C19H19ClN2O5/c1-2-6-17(13-7-4-3-5-8-13)21-18(23)12-27-19(24)15-11-14(22(25)26)9-10-16(15)20/h3-5,7-11,17H,2,6,12H2,1H3,(H,21,23)/t17-/m1/s1. The maximum Gasteiger partial charge on any atom is 0.340 e. The van der Waals surface area contributed by atoms with Crippen LogP contribution in [0, 0.1) is 10.1 Å². The van der Waals surface area contributed by atoms with Gasteiger partial charge < -0.3 is 10.1 Å². The summed E-state index contributed by atoms with van der Waals surface area (Å²) in [7, 11) is 0. The molecule has 0 bridgehead atoms. The molecular formula is C19H19ClN2O5. The minimum Gasteiger partial charge on any atom is -0.452 e. The number of halogens is 1. The fourth-order valence-electron chi connectivity index (χ4n) is 2.52. The highest BCUT2D eigenvalue weighted by Crippen LogP contribution is 2.23. The van der Waals surface area contributed by atoms with Crippen LogP contribution in [-0.4, -0.2) is 23.4 Å².